The predicted molar refractivity (Wildman–Crippen MR) is 46.8 cm³/mol. The summed E-state index contributed by atoms with van der Waals surface area (Å²) in [5.74, 6) is -0.420. The molecule has 0 aliphatic rings. The first kappa shape index (κ1) is 9.07. The van der Waals surface area contributed by atoms with E-state index in [0.717, 1.165) is 5.56 Å². The number of H-pyrrole nitrogens is 1. The lowest BCUT2D eigenvalue weighted by atomic mass is 10.3. The van der Waals surface area contributed by atoms with Crippen LogP contribution in [0.2, 0.25) is 0 Å². The van der Waals surface area contributed by atoms with Gasteiger partial charge in [-0.2, -0.15) is 5.26 Å². The van der Waals surface area contributed by atoms with Crippen LogP contribution in [0, 0.1) is 11.3 Å². The van der Waals surface area contributed by atoms with Crippen molar-refractivity contribution in [1.29, 1.82) is 5.26 Å². The van der Waals surface area contributed by atoms with Crippen molar-refractivity contribution in [2.75, 3.05) is 7.11 Å². The maximum absolute atomic E-state index is 11.0. The van der Waals surface area contributed by atoms with Crippen LogP contribution in [0.15, 0.2) is 18.3 Å². The molecule has 0 atom stereocenters. The fraction of sp³-hybridized carbons (Fsp3) is 0.111. The molecule has 0 saturated heterocycles. The molecule has 0 fully saturated rings. The molecule has 0 bridgehead atoms. The number of ether oxygens (including phenoxy) is 1. The third-order valence-corrected chi connectivity index (χ3v) is 1.46. The Balaban J connectivity index is 2.82. The van der Waals surface area contributed by atoms with E-state index in [0.29, 0.717) is 5.69 Å². The fourth-order valence-corrected chi connectivity index (χ4v) is 0.869. The van der Waals surface area contributed by atoms with E-state index in [4.69, 9.17) is 5.26 Å². The monoisotopic (exact) mass is 176 g/mol. The number of nitrogens with one attached hydrogen (secondary N) is 1. The number of rotatable bonds is 2. The van der Waals surface area contributed by atoms with Crippen molar-refractivity contribution in [2.24, 2.45) is 0 Å². The average Bonchev–Trinajstić information content (AvgIpc) is 2.62. The summed E-state index contributed by atoms with van der Waals surface area (Å²) >= 11 is 0. The molecule has 0 saturated carbocycles. The number of nitriles is 1. The minimum atomic E-state index is -0.420. The van der Waals surface area contributed by atoms with E-state index in [9.17, 15) is 4.79 Å². The first-order valence-electron chi connectivity index (χ1n) is 3.61. The van der Waals surface area contributed by atoms with E-state index in [1.807, 2.05) is 6.07 Å². The number of aromatic amines is 1. The molecule has 4 heteroatoms. The number of carbonyl (C=O) groups excluding carboxylic acids is 1. The summed E-state index contributed by atoms with van der Waals surface area (Å²) in [5, 5.41) is 8.25. The Hall–Kier alpha value is -2.02. The fourth-order valence-electron chi connectivity index (χ4n) is 0.869. The van der Waals surface area contributed by atoms with Crippen LogP contribution in [0.25, 0.3) is 6.08 Å². The summed E-state index contributed by atoms with van der Waals surface area (Å²) in [6, 6.07) is 3.47. The van der Waals surface area contributed by atoms with Gasteiger partial charge in [-0.1, -0.05) is 0 Å². The van der Waals surface area contributed by atoms with Crippen molar-refractivity contribution in [1.82, 2.24) is 4.98 Å². The van der Waals surface area contributed by atoms with Crippen molar-refractivity contribution < 1.29 is 9.53 Å². The van der Waals surface area contributed by atoms with Crippen LogP contribution >= 0.6 is 0 Å². The van der Waals surface area contributed by atoms with E-state index in [1.165, 1.54) is 13.2 Å². The molecule has 0 radical (unpaired) electrons. The normalized spacial score (nSPS) is 9.85. The maximum atomic E-state index is 11.0. The van der Waals surface area contributed by atoms with Gasteiger partial charge in [0, 0.05) is 12.3 Å². The second-order valence-corrected chi connectivity index (χ2v) is 2.30. The number of carbonyl (C=O) groups is 1. The van der Waals surface area contributed by atoms with E-state index in [1.54, 1.807) is 18.3 Å². The van der Waals surface area contributed by atoms with E-state index in [2.05, 4.69) is 9.72 Å². The highest BCUT2D eigenvalue weighted by Crippen LogP contribution is 2.06. The number of aromatic nitrogens is 1. The molecule has 0 aliphatic heterocycles. The van der Waals surface area contributed by atoms with Gasteiger partial charge in [-0.3, -0.25) is 0 Å². The van der Waals surface area contributed by atoms with Crippen LogP contribution < -0.4 is 0 Å². The number of hydrogen-bond acceptors (Lipinski definition) is 3. The van der Waals surface area contributed by atoms with Crippen LogP contribution in [0.4, 0.5) is 0 Å². The summed E-state index contributed by atoms with van der Waals surface area (Å²) < 4.78 is 4.49. The van der Waals surface area contributed by atoms with Gasteiger partial charge in [-0.15, -0.1) is 0 Å². The van der Waals surface area contributed by atoms with Crippen molar-refractivity contribution in [3.05, 3.63) is 29.6 Å². The first-order valence-corrected chi connectivity index (χ1v) is 3.61. The lowest BCUT2D eigenvalue weighted by molar-refractivity contribution is 0.0595. The van der Waals surface area contributed by atoms with Crippen LogP contribution in [0.1, 0.15) is 16.1 Å². The zero-order chi connectivity index (χ0) is 9.68. The summed E-state index contributed by atoms with van der Waals surface area (Å²) in [5.41, 5.74) is 1.14. The topological polar surface area (TPSA) is 65.9 Å². The summed E-state index contributed by atoms with van der Waals surface area (Å²) in [6.07, 6.45) is 4.56. The number of methoxy groups -OCH3 is 1. The van der Waals surface area contributed by atoms with Gasteiger partial charge in [0.05, 0.1) is 13.2 Å². The molecule has 13 heavy (non-hydrogen) atoms. The predicted octanol–water partition coefficient (Wildman–Crippen LogP) is 1.34. The summed E-state index contributed by atoms with van der Waals surface area (Å²) in [4.78, 5) is 13.7. The van der Waals surface area contributed by atoms with Gasteiger partial charge in [0.1, 0.15) is 5.69 Å². The van der Waals surface area contributed by atoms with Gasteiger partial charge < -0.3 is 9.72 Å². The van der Waals surface area contributed by atoms with Crippen molar-refractivity contribution >= 4 is 12.0 Å². The zero-order valence-electron chi connectivity index (χ0n) is 7.07. The first-order chi connectivity index (χ1) is 6.27. The summed E-state index contributed by atoms with van der Waals surface area (Å²) in [6.45, 7) is 0. The van der Waals surface area contributed by atoms with Crippen LogP contribution in [-0.4, -0.2) is 18.1 Å². The SMILES string of the molecule is COC(=O)c1cc(C=CC#N)c[nH]1. The molecule has 1 aromatic rings. The van der Waals surface area contributed by atoms with E-state index < -0.39 is 5.97 Å². The van der Waals surface area contributed by atoms with Crippen molar-refractivity contribution in [3.63, 3.8) is 0 Å². The minimum Gasteiger partial charge on any atom is -0.464 e. The molecule has 0 aromatic carbocycles. The molecule has 4 nitrogen and oxygen atoms in total. The molecular weight excluding hydrogens is 168 g/mol. The van der Waals surface area contributed by atoms with Gasteiger partial charge in [0.2, 0.25) is 0 Å². The Morgan fingerprint density at radius 1 is 1.77 bits per heavy atom. The van der Waals surface area contributed by atoms with Gasteiger partial charge in [0.25, 0.3) is 0 Å². The Bertz CT molecular complexity index is 371. The zero-order valence-corrected chi connectivity index (χ0v) is 7.07. The Morgan fingerprint density at radius 2 is 2.54 bits per heavy atom. The maximum Gasteiger partial charge on any atom is 0.354 e. The van der Waals surface area contributed by atoms with Gasteiger partial charge in [0.15, 0.2) is 0 Å². The minimum absolute atomic E-state index is 0.375. The molecule has 1 aromatic heterocycles. The van der Waals surface area contributed by atoms with E-state index >= 15 is 0 Å². The number of hydrogen-bond donors (Lipinski definition) is 1. The molecular formula is C9H8N2O2. The standard InChI is InChI=1S/C9H8N2O2/c1-13-9(12)8-5-7(6-11-8)3-2-4-10/h2-3,5-6,11H,1H3. The second-order valence-electron chi connectivity index (χ2n) is 2.30. The van der Waals surface area contributed by atoms with Gasteiger partial charge >= 0.3 is 5.97 Å². The molecule has 1 heterocycles. The molecule has 66 valence electrons. The third kappa shape index (κ3) is 2.20. The van der Waals surface area contributed by atoms with Crippen LogP contribution in [0.5, 0.6) is 0 Å². The highest BCUT2D eigenvalue weighted by atomic mass is 16.5. The lowest BCUT2D eigenvalue weighted by Crippen LogP contribution is -2.00. The summed E-state index contributed by atoms with van der Waals surface area (Å²) in [7, 11) is 1.31. The van der Waals surface area contributed by atoms with Crippen molar-refractivity contribution in [2.45, 2.75) is 0 Å². The quantitative estimate of drug-likeness (QED) is 0.546. The molecule has 1 N–H and O–H groups in total. The largest absolute Gasteiger partial charge is 0.464 e. The van der Waals surface area contributed by atoms with Crippen LogP contribution in [-0.2, 0) is 4.74 Å². The number of esters is 1. The highest BCUT2D eigenvalue weighted by Gasteiger charge is 2.05. The van der Waals surface area contributed by atoms with E-state index in [-0.39, 0.29) is 0 Å². The number of allylic oxidation sites excluding steroid dienone is 1. The molecule has 0 unspecified atom stereocenters. The Morgan fingerprint density at radius 3 is 3.15 bits per heavy atom. The third-order valence-electron chi connectivity index (χ3n) is 1.46. The molecule has 0 spiro atoms. The number of nitrogens with zero attached hydrogens (tertiary/aromatic N) is 1. The Kier molecular flexibility index (Phi) is 2.87. The van der Waals surface area contributed by atoms with Crippen molar-refractivity contribution in [3.8, 4) is 6.07 Å². The molecule has 0 aliphatic carbocycles. The lowest BCUT2D eigenvalue weighted by Gasteiger charge is -1.91. The average molecular weight is 176 g/mol. The molecule has 1 rings (SSSR count). The second kappa shape index (κ2) is 4.12. The Labute approximate surface area is 75.4 Å². The molecule has 0 amide bonds. The van der Waals surface area contributed by atoms with Crippen LogP contribution in [0.3, 0.4) is 0 Å². The smallest absolute Gasteiger partial charge is 0.354 e. The van der Waals surface area contributed by atoms with Gasteiger partial charge in [-0.05, 0) is 17.7 Å². The van der Waals surface area contributed by atoms with Gasteiger partial charge in [-0.25, -0.2) is 4.79 Å². The highest BCUT2D eigenvalue weighted by molar-refractivity contribution is 5.88.